The van der Waals surface area contributed by atoms with Gasteiger partial charge in [0, 0.05) is 10.9 Å². The fraction of sp³-hybridized carbons (Fsp3) is 0.118. The molecule has 11 nitrogen and oxygen atoms in total. The van der Waals surface area contributed by atoms with E-state index in [2.05, 4.69) is 15.3 Å². The number of rotatable bonds is 5. The molecule has 1 heterocycles. The van der Waals surface area contributed by atoms with Crippen LogP contribution >= 0.6 is 34.8 Å². The molecule has 0 spiro atoms. The van der Waals surface area contributed by atoms with E-state index in [1.54, 1.807) is 0 Å². The minimum absolute atomic E-state index is 0. The fourth-order valence-electron chi connectivity index (χ4n) is 2.68. The van der Waals surface area contributed by atoms with Crippen molar-refractivity contribution in [1.29, 1.82) is 0 Å². The molecule has 3 aromatic rings. The van der Waals surface area contributed by atoms with Gasteiger partial charge < -0.3 is 9.66 Å². The first kappa shape index (κ1) is 29.2. The van der Waals surface area contributed by atoms with Gasteiger partial charge in [-0.25, -0.2) is 13.1 Å². The second-order valence-corrected chi connectivity index (χ2v) is 10.5. The molecule has 0 aliphatic carbocycles. The number of hydrogen-bond acceptors (Lipinski definition) is 9. The third-order valence-electron chi connectivity index (χ3n) is 4.26. The Morgan fingerprint density at radius 2 is 1.56 bits per heavy atom. The van der Waals surface area contributed by atoms with Crippen molar-refractivity contribution < 1.29 is 31.0 Å². The van der Waals surface area contributed by atoms with Crippen LogP contribution in [-0.4, -0.2) is 73.5 Å². The van der Waals surface area contributed by atoms with Crippen LogP contribution < -0.4 is 5.11 Å². The number of aromatic nitrogens is 2. The Kier molecular flexibility index (Phi) is 9.07. The summed E-state index contributed by atoms with van der Waals surface area (Å²) in [6.07, 6.45) is 0. The van der Waals surface area contributed by atoms with E-state index < -0.39 is 40.9 Å². The first-order valence-corrected chi connectivity index (χ1v) is 12.5. The second-order valence-electron chi connectivity index (χ2n) is 6.58. The molecule has 0 fully saturated rings. The SMILES string of the molecule is Cc1cc(S(=O)(=O)O)c(N=Nc2c(C)nn(-c3cc(Cl)c(S(=O)(=O)[O-])cc3Cl)c2[O-])cc1Cl.[Ca+2]. The van der Waals surface area contributed by atoms with Crippen LogP contribution in [-0.2, 0) is 20.2 Å². The van der Waals surface area contributed by atoms with Gasteiger partial charge in [-0.05, 0) is 43.7 Å². The van der Waals surface area contributed by atoms with E-state index in [1.807, 2.05) is 0 Å². The number of hydrogen-bond donors (Lipinski definition) is 1. The summed E-state index contributed by atoms with van der Waals surface area (Å²) in [6.45, 7) is 2.91. The quantitative estimate of drug-likeness (QED) is 0.264. The maximum atomic E-state index is 12.8. The van der Waals surface area contributed by atoms with Crippen molar-refractivity contribution in [2.45, 2.75) is 23.6 Å². The molecule has 2 aromatic carbocycles. The third kappa shape index (κ3) is 6.03. The topological polar surface area (TPSA) is 177 Å². The van der Waals surface area contributed by atoms with Gasteiger partial charge in [0.25, 0.3) is 10.1 Å². The van der Waals surface area contributed by atoms with Crippen LogP contribution in [0.15, 0.2) is 44.3 Å². The maximum absolute atomic E-state index is 12.8. The van der Waals surface area contributed by atoms with Gasteiger partial charge in [-0.2, -0.15) is 13.5 Å². The molecular weight excluding hydrogens is 583 g/mol. The maximum Gasteiger partial charge on any atom is 2.00 e. The van der Waals surface area contributed by atoms with Crippen molar-refractivity contribution >= 4 is 104 Å². The molecule has 0 bridgehead atoms. The Morgan fingerprint density at radius 3 is 2.12 bits per heavy atom. The molecule has 0 radical (unpaired) electrons. The number of aryl methyl sites for hydroxylation is 2. The van der Waals surface area contributed by atoms with Crippen molar-refractivity contribution in [3.63, 3.8) is 0 Å². The van der Waals surface area contributed by atoms with Gasteiger partial charge in [0.2, 0.25) is 0 Å². The average Bonchev–Trinajstić information content (AvgIpc) is 2.95. The Labute approximate surface area is 238 Å². The summed E-state index contributed by atoms with van der Waals surface area (Å²) in [4.78, 5) is -1.35. The predicted octanol–water partition coefficient (Wildman–Crippen LogP) is 3.71. The molecule has 0 saturated carbocycles. The molecule has 0 aliphatic rings. The van der Waals surface area contributed by atoms with Crippen molar-refractivity contribution in [3.05, 3.63) is 50.6 Å². The zero-order valence-corrected chi connectivity index (χ0v) is 23.3. The standard InChI is InChI=1S/C17H13Cl3N4O7S2.Ca/c1-7-3-15(33(29,30)31)12(4-9(7)18)21-22-16-8(2)23-24(17(16)25)13-5-11(20)14(6-10(13)19)32(26,27)28;/h3-6,25H,1-2H3,(H,26,27,28)(H,29,30,31);/q;+2/p-2. The van der Waals surface area contributed by atoms with E-state index in [0.717, 1.165) is 28.9 Å². The van der Waals surface area contributed by atoms with Gasteiger partial charge in [0.1, 0.15) is 26.4 Å². The monoisotopic (exact) mass is 592 g/mol. The minimum Gasteiger partial charge on any atom is -0.857 e. The van der Waals surface area contributed by atoms with Gasteiger partial charge in [0.15, 0.2) is 0 Å². The van der Waals surface area contributed by atoms with Crippen LogP contribution in [0.3, 0.4) is 0 Å². The van der Waals surface area contributed by atoms with Gasteiger partial charge in [0.05, 0.1) is 26.3 Å². The third-order valence-corrected chi connectivity index (χ3v) is 7.16. The summed E-state index contributed by atoms with van der Waals surface area (Å²) in [6, 6.07) is 3.99. The molecular formula is C17H11CaCl3N4O7S2. The minimum atomic E-state index is -4.92. The second kappa shape index (κ2) is 10.5. The van der Waals surface area contributed by atoms with E-state index in [4.69, 9.17) is 34.8 Å². The van der Waals surface area contributed by atoms with Crippen molar-refractivity contribution in [3.8, 4) is 11.6 Å². The Hall–Kier alpha value is -1.00. The Bertz CT molecular complexity index is 1540. The predicted molar refractivity (Wildman–Crippen MR) is 122 cm³/mol. The molecule has 0 unspecified atom stereocenters. The van der Waals surface area contributed by atoms with Gasteiger partial charge >= 0.3 is 37.7 Å². The molecule has 0 atom stereocenters. The normalized spacial score (nSPS) is 12.2. The summed E-state index contributed by atoms with van der Waals surface area (Å²) in [7, 11) is -9.60. The van der Waals surface area contributed by atoms with E-state index in [-0.39, 0.29) is 70.5 Å². The van der Waals surface area contributed by atoms with Gasteiger partial charge in [-0.15, -0.1) is 10.2 Å². The van der Waals surface area contributed by atoms with Gasteiger partial charge in [-0.3, -0.25) is 4.55 Å². The molecule has 3 rings (SSSR count). The molecule has 1 aromatic heterocycles. The van der Waals surface area contributed by atoms with Crippen LogP contribution in [0.4, 0.5) is 11.4 Å². The number of halogens is 3. The summed E-state index contributed by atoms with van der Waals surface area (Å²) in [5.41, 5.74) is -0.387. The first-order valence-electron chi connectivity index (χ1n) is 8.52. The smallest absolute Gasteiger partial charge is 0.857 e. The fourth-order valence-corrected chi connectivity index (χ4v) is 4.84. The molecule has 34 heavy (non-hydrogen) atoms. The van der Waals surface area contributed by atoms with Gasteiger partial charge in [-0.1, -0.05) is 34.8 Å². The molecule has 0 aliphatic heterocycles. The average molecular weight is 594 g/mol. The van der Waals surface area contributed by atoms with E-state index in [1.165, 1.54) is 13.8 Å². The molecule has 17 heteroatoms. The number of nitrogens with zero attached hydrogens (tertiary/aromatic N) is 4. The van der Waals surface area contributed by atoms with E-state index in [9.17, 15) is 31.0 Å². The van der Waals surface area contributed by atoms with Crippen LogP contribution in [0.2, 0.25) is 15.1 Å². The molecule has 0 amide bonds. The summed E-state index contributed by atoms with van der Waals surface area (Å²) in [5.74, 6) is -0.862. The van der Waals surface area contributed by atoms with Crippen molar-refractivity contribution in [2.24, 2.45) is 10.2 Å². The number of azo groups is 1. The van der Waals surface area contributed by atoms with Crippen molar-refractivity contribution in [1.82, 2.24) is 9.78 Å². The zero-order valence-electron chi connectivity index (χ0n) is 17.2. The van der Waals surface area contributed by atoms with Crippen LogP contribution in [0, 0.1) is 13.8 Å². The largest absolute Gasteiger partial charge is 2.00 e. The first-order chi connectivity index (χ1) is 15.1. The molecule has 0 saturated heterocycles. The molecule has 176 valence electrons. The van der Waals surface area contributed by atoms with Crippen molar-refractivity contribution in [2.75, 3.05) is 0 Å². The van der Waals surface area contributed by atoms with Crippen LogP contribution in [0.5, 0.6) is 5.88 Å². The van der Waals surface area contributed by atoms with Crippen LogP contribution in [0.1, 0.15) is 11.3 Å². The molecule has 1 N–H and O–H groups in total. The Morgan fingerprint density at radius 1 is 0.941 bits per heavy atom. The van der Waals surface area contributed by atoms with E-state index in [0.29, 0.717) is 5.56 Å². The summed E-state index contributed by atoms with van der Waals surface area (Å²) < 4.78 is 67.3. The summed E-state index contributed by atoms with van der Waals surface area (Å²) >= 11 is 17.9. The van der Waals surface area contributed by atoms with E-state index >= 15 is 0 Å². The number of benzene rings is 2. The summed E-state index contributed by atoms with van der Waals surface area (Å²) in [5, 5.41) is 23.6. The zero-order chi connectivity index (χ0) is 24.9. The van der Waals surface area contributed by atoms with Crippen LogP contribution in [0.25, 0.3) is 5.69 Å². The Balaban J connectivity index is 0.00000408.